The quantitative estimate of drug-likeness (QED) is 0.303. The smallest absolute Gasteiger partial charge is 0.244 e. The molecular weight excluding hydrogens is 606 g/mol. The van der Waals surface area contributed by atoms with Gasteiger partial charge >= 0.3 is 0 Å². The summed E-state index contributed by atoms with van der Waals surface area (Å²) in [6, 6.07) is 22.8. The zero-order valence-corrected chi connectivity index (χ0v) is 25.7. The molecule has 0 heterocycles. The fraction of sp³-hybridized carbons (Fsp3) is 0.355. The van der Waals surface area contributed by atoms with Crippen LogP contribution in [-0.4, -0.2) is 57.1 Å². The Labute approximate surface area is 250 Å². The van der Waals surface area contributed by atoms with Crippen LogP contribution < -0.4 is 14.4 Å². The molecule has 1 fully saturated rings. The van der Waals surface area contributed by atoms with E-state index in [1.165, 1.54) is 12.0 Å². The van der Waals surface area contributed by atoms with E-state index in [0.717, 1.165) is 51.8 Å². The molecule has 0 aliphatic heterocycles. The Hall–Kier alpha value is -3.37. The highest BCUT2D eigenvalue weighted by Crippen LogP contribution is 2.24. The number of sulfonamides is 1. The van der Waals surface area contributed by atoms with Gasteiger partial charge in [-0.15, -0.1) is 0 Å². The normalized spacial score (nSPS) is 14.3. The van der Waals surface area contributed by atoms with Gasteiger partial charge in [-0.25, -0.2) is 8.42 Å². The molecular formula is C31H36BrN3O5S. The van der Waals surface area contributed by atoms with Crippen LogP contribution in [0.25, 0.3) is 0 Å². The Kier molecular flexibility index (Phi) is 10.4. The molecule has 1 atom stereocenters. The molecule has 1 N–H and O–H groups in total. The van der Waals surface area contributed by atoms with Crippen molar-refractivity contribution in [1.29, 1.82) is 0 Å². The zero-order chi connectivity index (χ0) is 29.4. The van der Waals surface area contributed by atoms with E-state index in [0.29, 0.717) is 17.9 Å². The number of carbonyl (C=O) groups is 2. The molecule has 0 bridgehead atoms. The molecule has 1 saturated carbocycles. The molecule has 10 heteroatoms. The first kappa shape index (κ1) is 30.6. The minimum Gasteiger partial charge on any atom is -0.497 e. The summed E-state index contributed by atoms with van der Waals surface area (Å²) in [5.74, 6) is -0.149. The Bertz CT molecular complexity index is 1430. The third kappa shape index (κ3) is 8.56. The standard InChI is InChI=1S/C31H36BrN3O5S/c1-40-28-17-15-27(16-18-28)35(41(2,38)39)22-30(36)34(21-24-11-8-12-25(32)19-24)29(20-23-9-4-3-5-10-23)31(37)33-26-13-6-7-14-26/h3-5,8-12,15-19,26,29H,6-7,13-14,20-22H2,1-2H3,(H,33,37)/t29-/m1/s1. The topological polar surface area (TPSA) is 96.0 Å². The van der Waals surface area contributed by atoms with Gasteiger partial charge in [0.2, 0.25) is 21.8 Å². The second-order valence-corrected chi connectivity index (χ2v) is 13.1. The van der Waals surface area contributed by atoms with E-state index in [4.69, 9.17) is 4.74 Å². The van der Waals surface area contributed by atoms with Crippen LogP contribution in [0.4, 0.5) is 5.69 Å². The Morgan fingerprint density at radius 3 is 2.24 bits per heavy atom. The van der Waals surface area contributed by atoms with E-state index in [-0.39, 0.29) is 18.5 Å². The van der Waals surface area contributed by atoms with Gasteiger partial charge in [0, 0.05) is 23.5 Å². The monoisotopic (exact) mass is 641 g/mol. The van der Waals surface area contributed by atoms with Gasteiger partial charge in [-0.05, 0) is 60.4 Å². The predicted octanol–water partition coefficient (Wildman–Crippen LogP) is 4.92. The van der Waals surface area contributed by atoms with Crippen LogP contribution in [0.3, 0.4) is 0 Å². The van der Waals surface area contributed by atoms with Gasteiger partial charge < -0.3 is 15.0 Å². The largest absolute Gasteiger partial charge is 0.497 e. The van der Waals surface area contributed by atoms with Gasteiger partial charge in [0.15, 0.2) is 0 Å². The van der Waals surface area contributed by atoms with E-state index in [1.54, 1.807) is 24.3 Å². The van der Waals surface area contributed by atoms with Crippen molar-refractivity contribution in [2.45, 2.75) is 50.7 Å². The average Bonchev–Trinajstić information content (AvgIpc) is 3.46. The number of benzene rings is 3. The lowest BCUT2D eigenvalue weighted by Crippen LogP contribution is -2.54. The van der Waals surface area contributed by atoms with Gasteiger partial charge in [-0.1, -0.05) is 71.2 Å². The molecule has 0 saturated heterocycles. The van der Waals surface area contributed by atoms with Crippen molar-refractivity contribution in [3.8, 4) is 5.75 Å². The van der Waals surface area contributed by atoms with Crippen molar-refractivity contribution >= 4 is 43.5 Å². The van der Waals surface area contributed by atoms with Crippen molar-refractivity contribution in [2.75, 3.05) is 24.2 Å². The fourth-order valence-electron chi connectivity index (χ4n) is 5.12. The van der Waals surface area contributed by atoms with Crippen LogP contribution in [0.15, 0.2) is 83.3 Å². The molecule has 3 aromatic rings. The average molecular weight is 643 g/mol. The third-order valence-corrected chi connectivity index (χ3v) is 8.89. The summed E-state index contributed by atoms with van der Waals surface area (Å²) in [7, 11) is -2.31. The fourth-order valence-corrected chi connectivity index (χ4v) is 6.41. The molecule has 4 rings (SSSR count). The first-order valence-corrected chi connectivity index (χ1v) is 16.3. The highest BCUT2D eigenvalue weighted by Gasteiger charge is 2.34. The molecule has 3 aromatic carbocycles. The van der Waals surface area contributed by atoms with Crippen LogP contribution in [0.2, 0.25) is 0 Å². The van der Waals surface area contributed by atoms with E-state index < -0.39 is 28.5 Å². The summed E-state index contributed by atoms with van der Waals surface area (Å²) < 4.78 is 32.9. The number of nitrogens with one attached hydrogen (secondary N) is 1. The molecule has 0 spiro atoms. The van der Waals surface area contributed by atoms with Crippen LogP contribution in [0.5, 0.6) is 5.75 Å². The van der Waals surface area contributed by atoms with Gasteiger partial charge in [0.1, 0.15) is 18.3 Å². The van der Waals surface area contributed by atoms with Gasteiger partial charge in [0.05, 0.1) is 19.1 Å². The van der Waals surface area contributed by atoms with Crippen molar-refractivity contribution < 1.29 is 22.7 Å². The van der Waals surface area contributed by atoms with Gasteiger partial charge in [0.25, 0.3) is 0 Å². The van der Waals surface area contributed by atoms with Crippen molar-refractivity contribution in [1.82, 2.24) is 10.2 Å². The number of rotatable bonds is 12. The maximum Gasteiger partial charge on any atom is 0.244 e. The molecule has 1 aliphatic rings. The molecule has 218 valence electrons. The first-order valence-electron chi connectivity index (χ1n) is 13.6. The molecule has 1 aliphatic carbocycles. The Balaban J connectivity index is 1.71. The summed E-state index contributed by atoms with van der Waals surface area (Å²) >= 11 is 3.50. The van der Waals surface area contributed by atoms with E-state index in [9.17, 15) is 18.0 Å². The minimum atomic E-state index is -3.83. The number of nitrogens with zero attached hydrogens (tertiary/aromatic N) is 2. The minimum absolute atomic E-state index is 0.0652. The third-order valence-electron chi connectivity index (χ3n) is 7.25. The Morgan fingerprint density at radius 2 is 1.63 bits per heavy atom. The van der Waals surface area contributed by atoms with Gasteiger partial charge in [-0.3, -0.25) is 13.9 Å². The molecule has 0 aromatic heterocycles. The predicted molar refractivity (Wildman–Crippen MR) is 164 cm³/mol. The van der Waals surface area contributed by atoms with E-state index >= 15 is 0 Å². The second-order valence-electron chi connectivity index (χ2n) is 10.3. The zero-order valence-electron chi connectivity index (χ0n) is 23.3. The Morgan fingerprint density at radius 1 is 0.976 bits per heavy atom. The maximum atomic E-state index is 14.2. The van der Waals surface area contributed by atoms with Crippen molar-refractivity contribution in [3.05, 3.63) is 94.5 Å². The number of halogens is 1. The lowest BCUT2D eigenvalue weighted by molar-refractivity contribution is -0.140. The number of methoxy groups -OCH3 is 1. The van der Waals surface area contributed by atoms with Crippen LogP contribution in [0.1, 0.15) is 36.8 Å². The molecule has 8 nitrogen and oxygen atoms in total. The second kappa shape index (κ2) is 14.0. The molecule has 41 heavy (non-hydrogen) atoms. The number of ether oxygens (including phenoxy) is 1. The number of hydrogen-bond acceptors (Lipinski definition) is 5. The van der Waals surface area contributed by atoms with E-state index in [1.807, 2.05) is 54.6 Å². The maximum absolute atomic E-state index is 14.2. The summed E-state index contributed by atoms with van der Waals surface area (Å²) in [5, 5.41) is 3.17. The van der Waals surface area contributed by atoms with Gasteiger partial charge in [-0.2, -0.15) is 0 Å². The summed E-state index contributed by atoms with van der Waals surface area (Å²) in [6.07, 6.45) is 5.28. The highest BCUT2D eigenvalue weighted by atomic mass is 79.9. The summed E-state index contributed by atoms with van der Waals surface area (Å²) in [4.78, 5) is 29.5. The van der Waals surface area contributed by atoms with Crippen molar-refractivity contribution in [3.63, 3.8) is 0 Å². The summed E-state index contributed by atoms with van der Waals surface area (Å²) in [6.45, 7) is -0.324. The number of anilines is 1. The SMILES string of the molecule is COc1ccc(N(CC(=O)N(Cc2cccc(Br)c2)[C@H](Cc2ccccc2)C(=O)NC2CCCC2)S(C)(=O)=O)cc1. The first-order chi connectivity index (χ1) is 19.6. The lowest BCUT2D eigenvalue weighted by Gasteiger charge is -2.34. The summed E-state index contributed by atoms with van der Waals surface area (Å²) in [5.41, 5.74) is 2.05. The number of amides is 2. The lowest BCUT2D eigenvalue weighted by atomic mass is 10.0. The highest BCUT2D eigenvalue weighted by molar-refractivity contribution is 9.10. The molecule has 0 unspecified atom stereocenters. The van der Waals surface area contributed by atoms with Crippen LogP contribution in [0, 0.1) is 0 Å². The number of carbonyl (C=O) groups excluding carboxylic acids is 2. The molecule has 2 amide bonds. The van der Waals surface area contributed by atoms with Crippen molar-refractivity contribution in [2.24, 2.45) is 0 Å². The van der Waals surface area contributed by atoms with E-state index in [2.05, 4.69) is 21.2 Å². The molecule has 0 radical (unpaired) electrons. The number of hydrogen-bond donors (Lipinski definition) is 1. The van der Waals surface area contributed by atoms with Crippen LogP contribution >= 0.6 is 15.9 Å². The van der Waals surface area contributed by atoms with Crippen LogP contribution in [-0.2, 0) is 32.6 Å².